The van der Waals surface area contributed by atoms with Crippen molar-refractivity contribution >= 4 is 5.69 Å². The Bertz CT molecular complexity index is 562. The molecule has 1 unspecified atom stereocenters. The van der Waals surface area contributed by atoms with Crippen LogP contribution in [0.15, 0.2) is 48.5 Å². The Kier molecular flexibility index (Phi) is 5.26. The molecule has 21 heavy (non-hydrogen) atoms. The molecule has 2 nitrogen and oxygen atoms in total. The molecule has 0 aromatic heterocycles. The van der Waals surface area contributed by atoms with Crippen LogP contribution in [0.25, 0.3) is 0 Å². The lowest BCUT2D eigenvalue weighted by molar-refractivity contribution is 0.475. The van der Waals surface area contributed by atoms with Gasteiger partial charge in [0.2, 0.25) is 0 Å². The van der Waals surface area contributed by atoms with Gasteiger partial charge in [0.05, 0.1) is 0 Å². The molecule has 0 heterocycles. The zero-order chi connectivity index (χ0) is 15.2. The third kappa shape index (κ3) is 4.01. The van der Waals surface area contributed by atoms with Gasteiger partial charge in [-0.3, -0.25) is 0 Å². The van der Waals surface area contributed by atoms with Crippen molar-refractivity contribution in [3.63, 3.8) is 0 Å². The van der Waals surface area contributed by atoms with Gasteiger partial charge >= 0.3 is 0 Å². The Morgan fingerprint density at radius 1 is 1.05 bits per heavy atom. The summed E-state index contributed by atoms with van der Waals surface area (Å²) in [7, 11) is 0. The fraction of sp³-hybridized carbons (Fsp3) is 0.368. The first-order valence-electron chi connectivity index (χ1n) is 7.72. The topological polar surface area (TPSA) is 23.5 Å². The second kappa shape index (κ2) is 7.16. The molecular weight excluding hydrogens is 258 g/mol. The molecule has 0 spiro atoms. The predicted molar refractivity (Wildman–Crippen MR) is 90.1 cm³/mol. The number of aryl methyl sites for hydroxylation is 2. The molecule has 0 saturated heterocycles. The van der Waals surface area contributed by atoms with E-state index in [4.69, 9.17) is 0 Å². The molecule has 0 fully saturated rings. The van der Waals surface area contributed by atoms with Crippen LogP contribution in [0, 0.1) is 6.92 Å². The summed E-state index contributed by atoms with van der Waals surface area (Å²) in [4.78, 5) is 2.47. The molecule has 2 aromatic rings. The number of aromatic hydroxyl groups is 1. The Hall–Kier alpha value is -1.96. The van der Waals surface area contributed by atoms with E-state index in [0.29, 0.717) is 11.8 Å². The SMILES string of the molecule is CCN(c1ccccc1C)C(C)CCc1ccc(O)cc1. The van der Waals surface area contributed by atoms with E-state index in [-0.39, 0.29) is 0 Å². The van der Waals surface area contributed by atoms with Crippen LogP contribution in [0.4, 0.5) is 5.69 Å². The van der Waals surface area contributed by atoms with Gasteiger partial charge in [-0.25, -0.2) is 0 Å². The van der Waals surface area contributed by atoms with Crippen molar-refractivity contribution in [2.24, 2.45) is 0 Å². The molecule has 2 heteroatoms. The highest BCUT2D eigenvalue weighted by atomic mass is 16.3. The summed E-state index contributed by atoms with van der Waals surface area (Å²) in [5.74, 6) is 0.335. The molecule has 2 rings (SSSR count). The first-order valence-corrected chi connectivity index (χ1v) is 7.72. The third-order valence-electron chi connectivity index (χ3n) is 4.08. The largest absolute Gasteiger partial charge is 0.508 e. The number of phenolic OH excluding ortho intramolecular Hbond substituents is 1. The highest BCUT2D eigenvalue weighted by molar-refractivity contribution is 5.53. The summed E-state index contributed by atoms with van der Waals surface area (Å²) in [6, 6.07) is 16.6. The van der Waals surface area contributed by atoms with Gasteiger partial charge in [0.25, 0.3) is 0 Å². The molecule has 0 saturated carbocycles. The Morgan fingerprint density at radius 3 is 2.33 bits per heavy atom. The van der Waals surface area contributed by atoms with Crippen LogP contribution >= 0.6 is 0 Å². The van der Waals surface area contributed by atoms with Gasteiger partial charge in [0, 0.05) is 18.3 Å². The van der Waals surface area contributed by atoms with Gasteiger partial charge in [-0.1, -0.05) is 30.3 Å². The van der Waals surface area contributed by atoms with Crippen LogP contribution in [0.2, 0.25) is 0 Å². The van der Waals surface area contributed by atoms with E-state index in [1.807, 2.05) is 12.1 Å². The predicted octanol–water partition coefficient (Wildman–Crippen LogP) is 4.55. The molecule has 0 aliphatic heterocycles. The minimum absolute atomic E-state index is 0.335. The zero-order valence-electron chi connectivity index (χ0n) is 13.2. The number of phenols is 1. The number of benzene rings is 2. The van der Waals surface area contributed by atoms with Crippen LogP contribution in [0.1, 0.15) is 31.4 Å². The molecular formula is C19H25NO. The van der Waals surface area contributed by atoms with Gasteiger partial charge in [-0.2, -0.15) is 0 Å². The second-order valence-corrected chi connectivity index (χ2v) is 5.63. The summed E-state index contributed by atoms with van der Waals surface area (Å²) in [6.45, 7) is 7.69. The fourth-order valence-electron chi connectivity index (χ4n) is 2.80. The van der Waals surface area contributed by atoms with E-state index < -0.39 is 0 Å². The smallest absolute Gasteiger partial charge is 0.115 e. The number of nitrogens with zero attached hydrogens (tertiary/aromatic N) is 1. The first kappa shape index (κ1) is 15.4. The standard InChI is InChI=1S/C19H25NO/c1-4-20(19-8-6-5-7-15(19)2)16(3)9-10-17-11-13-18(21)14-12-17/h5-8,11-14,16,21H,4,9-10H2,1-3H3. The van der Waals surface area contributed by atoms with Gasteiger partial charge in [-0.05, 0) is 62.9 Å². The highest BCUT2D eigenvalue weighted by Crippen LogP contribution is 2.23. The van der Waals surface area contributed by atoms with E-state index in [0.717, 1.165) is 19.4 Å². The molecule has 0 radical (unpaired) electrons. The van der Waals surface area contributed by atoms with Gasteiger partial charge in [-0.15, -0.1) is 0 Å². The molecule has 0 amide bonds. The molecule has 2 aromatic carbocycles. The van der Waals surface area contributed by atoms with Crippen LogP contribution < -0.4 is 4.90 Å². The molecule has 112 valence electrons. The van der Waals surface area contributed by atoms with E-state index in [1.54, 1.807) is 12.1 Å². The lowest BCUT2D eigenvalue weighted by Gasteiger charge is -2.31. The van der Waals surface area contributed by atoms with Crippen molar-refractivity contribution in [2.45, 2.75) is 39.7 Å². The molecule has 0 bridgehead atoms. The maximum Gasteiger partial charge on any atom is 0.115 e. The Labute approximate surface area is 128 Å². The highest BCUT2D eigenvalue weighted by Gasteiger charge is 2.14. The van der Waals surface area contributed by atoms with Crippen molar-refractivity contribution in [1.29, 1.82) is 0 Å². The normalized spacial score (nSPS) is 12.1. The molecule has 0 aliphatic carbocycles. The quantitative estimate of drug-likeness (QED) is 0.840. The van der Waals surface area contributed by atoms with E-state index in [2.05, 4.69) is 49.9 Å². The Balaban J connectivity index is 2.02. The first-order chi connectivity index (χ1) is 10.1. The minimum Gasteiger partial charge on any atom is -0.508 e. The number of hydrogen-bond acceptors (Lipinski definition) is 2. The van der Waals surface area contributed by atoms with Crippen LogP contribution in [0.5, 0.6) is 5.75 Å². The summed E-state index contributed by atoms with van der Waals surface area (Å²) < 4.78 is 0. The number of rotatable bonds is 6. The second-order valence-electron chi connectivity index (χ2n) is 5.63. The lowest BCUT2D eigenvalue weighted by Crippen LogP contribution is -2.33. The summed E-state index contributed by atoms with van der Waals surface area (Å²) in [5.41, 5.74) is 3.94. The number of para-hydroxylation sites is 1. The monoisotopic (exact) mass is 283 g/mol. The lowest BCUT2D eigenvalue weighted by atomic mass is 10.0. The van der Waals surface area contributed by atoms with Crippen LogP contribution in [-0.2, 0) is 6.42 Å². The Morgan fingerprint density at radius 2 is 1.71 bits per heavy atom. The summed E-state index contributed by atoms with van der Waals surface area (Å²) in [5, 5.41) is 9.33. The number of hydrogen-bond donors (Lipinski definition) is 1. The van der Waals surface area contributed by atoms with E-state index in [9.17, 15) is 5.11 Å². The molecule has 1 atom stereocenters. The minimum atomic E-state index is 0.335. The van der Waals surface area contributed by atoms with Crippen molar-refractivity contribution in [1.82, 2.24) is 0 Å². The van der Waals surface area contributed by atoms with E-state index in [1.165, 1.54) is 16.8 Å². The average molecular weight is 283 g/mol. The van der Waals surface area contributed by atoms with E-state index >= 15 is 0 Å². The summed E-state index contributed by atoms with van der Waals surface area (Å²) in [6.07, 6.45) is 2.14. The zero-order valence-corrected chi connectivity index (χ0v) is 13.2. The van der Waals surface area contributed by atoms with Crippen molar-refractivity contribution in [3.05, 3.63) is 59.7 Å². The van der Waals surface area contributed by atoms with Gasteiger partial charge in [0.15, 0.2) is 0 Å². The maximum absolute atomic E-state index is 9.33. The van der Waals surface area contributed by atoms with Crippen molar-refractivity contribution < 1.29 is 5.11 Å². The third-order valence-corrected chi connectivity index (χ3v) is 4.08. The van der Waals surface area contributed by atoms with Gasteiger partial charge < -0.3 is 10.0 Å². The molecule has 1 N–H and O–H groups in total. The molecule has 0 aliphatic rings. The summed E-state index contributed by atoms with van der Waals surface area (Å²) >= 11 is 0. The fourth-order valence-corrected chi connectivity index (χ4v) is 2.80. The number of anilines is 1. The van der Waals surface area contributed by atoms with Crippen molar-refractivity contribution in [2.75, 3.05) is 11.4 Å². The van der Waals surface area contributed by atoms with Crippen LogP contribution in [-0.4, -0.2) is 17.7 Å². The van der Waals surface area contributed by atoms with Crippen LogP contribution in [0.3, 0.4) is 0 Å². The van der Waals surface area contributed by atoms with Gasteiger partial charge in [0.1, 0.15) is 5.75 Å². The van der Waals surface area contributed by atoms with Crippen molar-refractivity contribution in [3.8, 4) is 5.75 Å². The maximum atomic E-state index is 9.33. The average Bonchev–Trinajstić information content (AvgIpc) is 2.49.